The van der Waals surface area contributed by atoms with Crippen LogP contribution in [0.25, 0.3) is 11.1 Å². The molecule has 32 heavy (non-hydrogen) atoms. The maximum atomic E-state index is 12.8. The number of hydrogen-bond acceptors (Lipinski definition) is 4. The number of aryl methyl sites for hydroxylation is 2. The lowest BCUT2D eigenvalue weighted by Crippen LogP contribution is -2.31. The molecule has 1 aromatic heterocycles. The molecule has 3 aromatic carbocycles. The van der Waals surface area contributed by atoms with Crippen LogP contribution in [0.1, 0.15) is 33.9 Å². The van der Waals surface area contributed by atoms with Crippen molar-refractivity contribution >= 4 is 28.6 Å². The second-order valence-electron chi connectivity index (χ2n) is 7.66. The molecule has 7 heteroatoms. The molecule has 0 fully saturated rings. The first-order valence-electron chi connectivity index (χ1n) is 10.2. The molecular weight excluding hydrogens is 406 g/mol. The predicted octanol–water partition coefficient (Wildman–Crippen LogP) is 3.94. The first-order valence-corrected chi connectivity index (χ1v) is 10.2. The van der Waals surface area contributed by atoms with Gasteiger partial charge < -0.3 is 15.1 Å². The van der Waals surface area contributed by atoms with Crippen molar-refractivity contribution < 1.29 is 14.0 Å². The van der Waals surface area contributed by atoms with E-state index in [1.807, 2.05) is 49.4 Å². The number of carbonyl (C=O) groups is 2. The molecule has 2 amide bonds. The van der Waals surface area contributed by atoms with E-state index in [9.17, 15) is 14.4 Å². The Morgan fingerprint density at radius 1 is 1.00 bits per heavy atom. The molecule has 0 aliphatic carbocycles. The molecule has 0 aliphatic heterocycles. The SMILES string of the molecule is Cc1ccc(C(=O)NC(CC(=O)Nc2ccc3oc(=O)n(C)c3c2)c2ccccc2)cc1. The number of hydrogen-bond donors (Lipinski definition) is 2. The molecule has 1 atom stereocenters. The van der Waals surface area contributed by atoms with Gasteiger partial charge in [0, 0.05) is 18.3 Å². The van der Waals surface area contributed by atoms with E-state index >= 15 is 0 Å². The molecule has 4 aromatic rings. The first kappa shape index (κ1) is 21.1. The standard InChI is InChI=1S/C25H23N3O4/c1-16-8-10-18(11-9-16)24(30)27-20(17-6-4-3-5-7-17)15-23(29)26-19-12-13-22-21(14-19)28(2)25(31)32-22/h3-14,20H,15H2,1-2H3,(H,26,29)(H,27,30). The van der Waals surface area contributed by atoms with Gasteiger partial charge in [-0.2, -0.15) is 0 Å². The van der Waals surface area contributed by atoms with Crippen LogP contribution in [0.2, 0.25) is 0 Å². The van der Waals surface area contributed by atoms with Crippen molar-refractivity contribution in [2.24, 2.45) is 7.05 Å². The summed E-state index contributed by atoms with van der Waals surface area (Å²) in [6, 6.07) is 21.1. The number of oxazole rings is 1. The number of fused-ring (bicyclic) bond motifs is 1. The number of anilines is 1. The lowest BCUT2D eigenvalue weighted by molar-refractivity contribution is -0.116. The molecule has 0 spiro atoms. The van der Waals surface area contributed by atoms with Gasteiger partial charge in [-0.1, -0.05) is 48.0 Å². The minimum atomic E-state index is -0.507. The van der Waals surface area contributed by atoms with Crippen molar-refractivity contribution in [1.82, 2.24) is 9.88 Å². The molecule has 0 radical (unpaired) electrons. The van der Waals surface area contributed by atoms with Crippen LogP contribution in [0.5, 0.6) is 0 Å². The maximum Gasteiger partial charge on any atom is 0.419 e. The molecular formula is C25H23N3O4. The Labute approximate surface area is 184 Å². The van der Waals surface area contributed by atoms with Gasteiger partial charge in [0.1, 0.15) is 0 Å². The summed E-state index contributed by atoms with van der Waals surface area (Å²) in [7, 11) is 1.60. The Morgan fingerprint density at radius 3 is 2.44 bits per heavy atom. The molecule has 0 saturated heterocycles. The van der Waals surface area contributed by atoms with Crippen molar-refractivity contribution in [3.8, 4) is 0 Å². The fourth-order valence-corrected chi connectivity index (χ4v) is 3.49. The number of carbonyl (C=O) groups excluding carboxylic acids is 2. The van der Waals surface area contributed by atoms with Gasteiger partial charge in [0.2, 0.25) is 5.91 Å². The van der Waals surface area contributed by atoms with E-state index in [0.717, 1.165) is 11.1 Å². The highest BCUT2D eigenvalue weighted by Gasteiger charge is 2.20. The number of amides is 2. The molecule has 7 nitrogen and oxygen atoms in total. The summed E-state index contributed by atoms with van der Waals surface area (Å²) in [4.78, 5) is 37.3. The van der Waals surface area contributed by atoms with Gasteiger partial charge in [0.05, 0.1) is 18.0 Å². The van der Waals surface area contributed by atoms with Gasteiger partial charge in [-0.05, 0) is 42.8 Å². The zero-order valence-electron chi connectivity index (χ0n) is 17.8. The molecule has 1 unspecified atom stereocenters. The smallest absolute Gasteiger partial charge is 0.408 e. The summed E-state index contributed by atoms with van der Waals surface area (Å²) < 4.78 is 6.50. The Morgan fingerprint density at radius 2 is 1.72 bits per heavy atom. The Bertz CT molecular complexity index is 1320. The number of benzene rings is 3. The summed E-state index contributed by atoms with van der Waals surface area (Å²) in [5, 5.41) is 5.81. The largest absolute Gasteiger partial charge is 0.419 e. The van der Waals surface area contributed by atoms with Gasteiger partial charge in [0.25, 0.3) is 5.91 Å². The second-order valence-corrected chi connectivity index (χ2v) is 7.66. The van der Waals surface area contributed by atoms with Crippen molar-refractivity contribution in [2.45, 2.75) is 19.4 Å². The molecule has 0 bridgehead atoms. The zero-order chi connectivity index (χ0) is 22.7. The van der Waals surface area contributed by atoms with E-state index in [1.165, 1.54) is 4.57 Å². The minimum Gasteiger partial charge on any atom is -0.408 e. The van der Waals surface area contributed by atoms with Crippen LogP contribution in [0.3, 0.4) is 0 Å². The van der Waals surface area contributed by atoms with Crippen molar-refractivity contribution in [1.29, 1.82) is 0 Å². The van der Waals surface area contributed by atoms with Crippen LogP contribution >= 0.6 is 0 Å². The van der Waals surface area contributed by atoms with E-state index < -0.39 is 11.8 Å². The summed E-state index contributed by atoms with van der Waals surface area (Å²) in [6.45, 7) is 1.96. The van der Waals surface area contributed by atoms with Gasteiger partial charge in [-0.3, -0.25) is 14.2 Å². The van der Waals surface area contributed by atoms with E-state index in [2.05, 4.69) is 10.6 Å². The number of rotatable bonds is 6. The molecule has 2 N–H and O–H groups in total. The van der Waals surface area contributed by atoms with Crippen LogP contribution in [-0.2, 0) is 11.8 Å². The topological polar surface area (TPSA) is 93.3 Å². The fourth-order valence-electron chi connectivity index (χ4n) is 3.49. The Balaban J connectivity index is 1.52. The normalized spacial score (nSPS) is 11.8. The zero-order valence-corrected chi connectivity index (χ0v) is 17.8. The van der Waals surface area contributed by atoms with Crippen molar-refractivity contribution in [2.75, 3.05) is 5.32 Å². The third kappa shape index (κ3) is 4.62. The van der Waals surface area contributed by atoms with E-state index in [1.54, 1.807) is 37.4 Å². The Kier molecular flexibility index (Phi) is 5.89. The molecule has 162 valence electrons. The third-order valence-corrected chi connectivity index (χ3v) is 5.29. The lowest BCUT2D eigenvalue weighted by atomic mass is 10.0. The lowest BCUT2D eigenvalue weighted by Gasteiger charge is -2.19. The summed E-state index contributed by atoms with van der Waals surface area (Å²) in [6.07, 6.45) is 0.0456. The highest BCUT2D eigenvalue weighted by Crippen LogP contribution is 2.21. The van der Waals surface area contributed by atoms with Crippen LogP contribution in [0.15, 0.2) is 82.0 Å². The molecule has 1 heterocycles. The first-order chi connectivity index (χ1) is 15.4. The van der Waals surface area contributed by atoms with Gasteiger partial charge >= 0.3 is 5.76 Å². The van der Waals surface area contributed by atoms with E-state index in [4.69, 9.17) is 4.42 Å². The van der Waals surface area contributed by atoms with Gasteiger partial charge in [-0.15, -0.1) is 0 Å². The highest BCUT2D eigenvalue weighted by atomic mass is 16.4. The predicted molar refractivity (Wildman–Crippen MR) is 123 cm³/mol. The van der Waals surface area contributed by atoms with Gasteiger partial charge in [0.15, 0.2) is 5.58 Å². The highest BCUT2D eigenvalue weighted by molar-refractivity contribution is 5.96. The van der Waals surface area contributed by atoms with Crippen LogP contribution in [0.4, 0.5) is 5.69 Å². The summed E-state index contributed by atoms with van der Waals surface area (Å²) >= 11 is 0. The molecule has 4 rings (SSSR count). The van der Waals surface area contributed by atoms with Gasteiger partial charge in [-0.25, -0.2) is 4.79 Å². The number of nitrogens with one attached hydrogen (secondary N) is 2. The van der Waals surface area contributed by atoms with Crippen LogP contribution < -0.4 is 16.4 Å². The van der Waals surface area contributed by atoms with Crippen molar-refractivity contribution in [3.63, 3.8) is 0 Å². The van der Waals surface area contributed by atoms with E-state index in [-0.39, 0.29) is 18.2 Å². The fraction of sp³-hybridized carbons (Fsp3) is 0.160. The van der Waals surface area contributed by atoms with Crippen LogP contribution in [-0.4, -0.2) is 16.4 Å². The number of nitrogens with zero attached hydrogens (tertiary/aromatic N) is 1. The third-order valence-electron chi connectivity index (χ3n) is 5.29. The Hall–Kier alpha value is -4.13. The monoisotopic (exact) mass is 429 g/mol. The summed E-state index contributed by atoms with van der Waals surface area (Å²) in [5.74, 6) is -0.983. The van der Waals surface area contributed by atoms with E-state index in [0.29, 0.717) is 22.4 Å². The average Bonchev–Trinajstić information content (AvgIpc) is 3.07. The molecule has 0 aliphatic rings. The number of aromatic nitrogens is 1. The van der Waals surface area contributed by atoms with Crippen molar-refractivity contribution in [3.05, 3.63) is 100 Å². The second kappa shape index (κ2) is 8.93. The average molecular weight is 429 g/mol. The summed E-state index contributed by atoms with van der Waals surface area (Å²) in [5.41, 5.74) is 3.99. The minimum absolute atomic E-state index is 0.0456. The maximum absolute atomic E-state index is 12.8. The van der Waals surface area contributed by atoms with Crippen LogP contribution in [0, 0.1) is 6.92 Å². The molecule has 0 saturated carbocycles. The quantitative estimate of drug-likeness (QED) is 0.486.